The molecule has 0 aliphatic heterocycles. The maximum absolute atomic E-state index is 6.16. The van der Waals surface area contributed by atoms with E-state index in [-0.39, 0.29) is 12.4 Å². The number of unbranched alkanes of at least 4 members (excludes halogenated alkanes) is 8. The normalized spacial score (nSPS) is 11.4. The molecule has 19 heavy (non-hydrogen) atoms. The molecule has 3 heteroatoms. The Hall–Kier alpha value is 0.540. The lowest BCUT2D eigenvalue weighted by Gasteiger charge is -2.32. The van der Waals surface area contributed by atoms with Crippen LogP contribution in [0.3, 0.4) is 0 Å². The molecule has 0 aliphatic rings. The Morgan fingerprint density at radius 1 is 0.684 bits per heavy atom. The molecular formula is C16H35Cl2N. The van der Waals surface area contributed by atoms with Gasteiger partial charge in [-0.25, -0.2) is 0 Å². The van der Waals surface area contributed by atoms with Crippen LogP contribution in [0.15, 0.2) is 0 Å². The van der Waals surface area contributed by atoms with Crippen molar-refractivity contribution in [2.24, 2.45) is 0 Å². The van der Waals surface area contributed by atoms with E-state index in [0.717, 1.165) is 10.5 Å². The Balaban J connectivity index is 0. The zero-order chi connectivity index (χ0) is 13.7. The van der Waals surface area contributed by atoms with Crippen molar-refractivity contribution >= 4 is 11.6 Å². The summed E-state index contributed by atoms with van der Waals surface area (Å²) < 4.78 is 1.07. The molecule has 0 bridgehead atoms. The summed E-state index contributed by atoms with van der Waals surface area (Å²) in [5.74, 6) is 0. The molecule has 0 aromatic heterocycles. The molecule has 0 spiro atoms. The molecule has 0 radical (unpaired) electrons. The van der Waals surface area contributed by atoms with E-state index in [9.17, 15) is 0 Å². The Morgan fingerprint density at radius 2 is 1.05 bits per heavy atom. The highest BCUT2D eigenvalue weighted by molar-refractivity contribution is 6.16. The summed E-state index contributed by atoms with van der Waals surface area (Å²) in [5, 5.41) is 0. The molecule has 0 saturated heterocycles. The number of hydrogen-bond acceptors (Lipinski definition) is 0. The van der Waals surface area contributed by atoms with Crippen LogP contribution in [0.5, 0.6) is 0 Å². The van der Waals surface area contributed by atoms with Crippen LogP contribution < -0.4 is 12.4 Å². The Labute approximate surface area is 133 Å². The lowest BCUT2D eigenvalue weighted by molar-refractivity contribution is -0.899. The summed E-state index contributed by atoms with van der Waals surface area (Å²) in [5.41, 5.74) is 0. The van der Waals surface area contributed by atoms with Crippen LogP contribution in [0.4, 0.5) is 0 Å². The van der Waals surface area contributed by atoms with E-state index in [1.807, 2.05) is 0 Å². The van der Waals surface area contributed by atoms with Crippen LogP contribution in [0.2, 0.25) is 0 Å². The lowest BCUT2D eigenvalue weighted by Crippen LogP contribution is -3.00. The molecule has 0 aromatic carbocycles. The highest BCUT2D eigenvalue weighted by Gasteiger charge is 2.18. The second-order valence-electron chi connectivity index (χ2n) is 6.01. The lowest BCUT2D eigenvalue weighted by atomic mass is 10.1. The first-order valence-electron chi connectivity index (χ1n) is 8.08. The minimum atomic E-state index is 0. The van der Waals surface area contributed by atoms with E-state index in [1.165, 1.54) is 77.3 Å². The maximum Gasteiger partial charge on any atom is 0.154 e. The molecule has 118 valence electrons. The molecule has 0 amide bonds. The Kier molecular flexibility index (Phi) is 17.2. The summed E-state index contributed by atoms with van der Waals surface area (Å²) in [7, 11) is 2.33. The number of alkyl halides is 1. The van der Waals surface area contributed by atoms with Gasteiger partial charge in [0.2, 0.25) is 0 Å². The van der Waals surface area contributed by atoms with Gasteiger partial charge in [0.1, 0.15) is 0 Å². The second-order valence-corrected chi connectivity index (χ2v) is 6.25. The first kappa shape index (κ1) is 21.8. The van der Waals surface area contributed by atoms with Crippen molar-refractivity contribution in [1.82, 2.24) is 0 Å². The third-order valence-corrected chi connectivity index (χ3v) is 4.47. The van der Waals surface area contributed by atoms with Gasteiger partial charge in [-0.1, -0.05) is 64.0 Å². The van der Waals surface area contributed by atoms with Crippen LogP contribution in [0.1, 0.15) is 78.1 Å². The number of rotatable bonds is 13. The molecule has 1 nitrogen and oxygen atoms in total. The SMILES string of the molecule is CCCCCCC[N+](C)(CCl)CCCCCCC.[Cl-]. The van der Waals surface area contributed by atoms with Crippen LogP contribution >= 0.6 is 11.6 Å². The average molecular weight is 312 g/mol. The van der Waals surface area contributed by atoms with Gasteiger partial charge in [-0.3, -0.25) is 0 Å². The van der Waals surface area contributed by atoms with Crippen molar-refractivity contribution in [2.45, 2.75) is 78.1 Å². The zero-order valence-corrected chi connectivity index (χ0v) is 14.9. The summed E-state index contributed by atoms with van der Waals surface area (Å²) in [6.45, 7) is 7.08. The van der Waals surface area contributed by atoms with Gasteiger partial charge in [-0.05, 0) is 25.7 Å². The Bertz CT molecular complexity index is 160. The monoisotopic (exact) mass is 311 g/mol. The van der Waals surface area contributed by atoms with Crippen molar-refractivity contribution in [2.75, 3.05) is 26.1 Å². The third-order valence-electron chi connectivity index (χ3n) is 3.89. The zero-order valence-electron chi connectivity index (χ0n) is 13.4. The number of halogens is 2. The van der Waals surface area contributed by atoms with Crippen LogP contribution in [0, 0.1) is 0 Å². The quantitative estimate of drug-likeness (QED) is 0.212. The summed E-state index contributed by atoms with van der Waals surface area (Å²) in [6.07, 6.45) is 13.7. The van der Waals surface area contributed by atoms with Crippen molar-refractivity contribution in [3.8, 4) is 0 Å². The fourth-order valence-corrected chi connectivity index (χ4v) is 2.66. The number of hydrogen-bond donors (Lipinski definition) is 0. The molecular weight excluding hydrogens is 277 g/mol. The van der Waals surface area contributed by atoms with Crippen LogP contribution in [0.25, 0.3) is 0 Å². The molecule has 0 atom stereocenters. The van der Waals surface area contributed by atoms with Gasteiger partial charge in [0, 0.05) is 0 Å². The van der Waals surface area contributed by atoms with Gasteiger partial charge in [-0.2, -0.15) is 0 Å². The molecule has 0 saturated carbocycles. The van der Waals surface area contributed by atoms with Crippen LogP contribution in [-0.4, -0.2) is 30.6 Å². The standard InChI is InChI=1S/C16H35ClN.ClH/c1-4-6-8-10-12-14-18(3,16-17)15-13-11-9-7-5-2;/h4-16H2,1-3H3;1H/q+1;/p-1. The molecule has 0 N–H and O–H groups in total. The van der Waals surface area contributed by atoms with E-state index in [0.29, 0.717) is 0 Å². The van der Waals surface area contributed by atoms with Gasteiger partial charge in [0.15, 0.2) is 6.00 Å². The van der Waals surface area contributed by atoms with Crippen molar-refractivity contribution in [3.05, 3.63) is 0 Å². The molecule has 0 heterocycles. The van der Waals surface area contributed by atoms with Crippen molar-refractivity contribution in [3.63, 3.8) is 0 Å². The topological polar surface area (TPSA) is 0 Å². The van der Waals surface area contributed by atoms with E-state index >= 15 is 0 Å². The van der Waals surface area contributed by atoms with E-state index in [4.69, 9.17) is 11.6 Å². The van der Waals surface area contributed by atoms with E-state index in [1.54, 1.807) is 0 Å². The fourth-order valence-electron chi connectivity index (χ4n) is 2.43. The largest absolute Gasteiger partial charge is 1.00 e. The first-order chi connectivity index (χ1) is 8.68. The van der Waals surface area contributed by atoms with Gasteiger partial charge < -0.3 is 16.9 Å². The maximum atomic E-state index is 6.16. The molecule has 0 fully saturated rings. The first-order valence-corrected chi connectivity index (χ1v) is 8.61. The Morgan fingerprint density at radius 3 is 1.37 bits per heavy atom. The van der Waals surface area contributed by atoms with Crippen LogP contribution in [-0.2, 0) is 0 Å². The summed E-state index contributed by atoms with van der Waals surface area (Å²) >= 11 is 6.16. The minimum absolute atomic E-state index is 0. The minimum Gasteiger partial charge on any atom is -1.00 e. The number of quaternary nitrogens is 1. The van der Waals surface area contributed by atoms with Gasteiger partial charge >= 0.3 is 0 Å². The molecule has 0 aliphatic carbocycles. The molecule has 0 rings (SSSR count). The average Bonchev–Trinajstić information content (AvgIpc) is 2.38. The summed E-state index contributed by atoms with van der Waals surface area (Å²) in [4.78, 5) is 0. The molecule has 0 unspecified atom stereocenters. The highest BCUT2D eigenvalue weighted by Crippen LogP contribution is 2.13. The van der Waals surface area contributed by atoms with Gasteiger partial charge in [0.25, 0.3) is 0 Å². The second kappa shape index (κ2) is 14.9. The number of nitrogens with zero attached hydrogens (tertiary/aromatic N) is 1. The fraction of sp³-hybridized carbons (Fsp3) is 1.00. The molecule has 0 aromatic rings. The van der Waals surface area contributed by atoms with E-state index < -0.39 is 0 Å². The van der Waals surface area contributed by atoms with Gasteiger partial charge in [0.05, 0.1) is 20.1 Å². The predicted octanol–water partition coefficient (Wildman–Crippen LogP) is 2.57. The third kappa shape index (κ3) is 13.3. The van der Waals surface area contributed by atoms with Gasteiger partial charge in [-0.15, -0.1) is 0 Å². The highest BCUT2D eigenvalue weighted by atomic mass is 35.5. The van der Waals surface area contributed by atoms with Crippen molar-refractivity contribution in [1.29, 1.82) is 0 Å². The smallest absolute Gasteiger partial charge is 0.154 e. The predicted molar refractivity (Wildman–Crippen MR) is 84.2 cm³/mol. The van der Waals surface area contributed by atoms with Crippen molar-refractivity contribution < 1.29 is 16.9 Å². The van der Waals surface area contributed by atoms with E-state index in [2.05, 4.69) is 20.9 Å². The summed E-state index contributed by atoms with van der Waals surface area (Å²) in [6, 6.07) is 0.779.